The Hall–Kier alpha value is -3.33. The molecule has 0 aromatic carbocycles. The lowest BCUT2D eigenvalue weighted by Crippen LogP contribution is -2.41. The number of carbonyl (C=O) groups is 2. The highest BCUT2D eigenvalue weighted by atomic mass is 16.5. The minimum Gasteiger partial charge on any atom is -0.378 e. The summed E-state index contributed by atoms with van der Waals surface area (Å²) in [5.41, 5.74) is 3.41. The fraction of sp³-hybridized carbons (Fsp3) is 0.458. The van der Waals surface area contributed by atoms with Gasteiger partial charge in [0.05, 0.1) is 30.5 Å². The summed E-state index contributed by atoms with van der Waals surface area (Å²) >= 11 is 0. The van der Waals surface area contributed by atoms with Crippen LogP contribution in [0.5, 0.6) is 0 Å². The van der Waals surface area contributed by atoms with E-state index in [2.05, 4.69) is 15.0 Å². The molecule has 0 unspecified atom stereocenters. The van der Waals surface area contributed by atoms with Crippen LogP contribution < -0.4 is 0 Å². The number of hydrogen-bond donors (Lipinski definition) is 0. The molecule has 0 saturated carbocycles. The number of carbonyl (C=O) groups excluding carboxylic acids is 2. The van der Waals surface area contributed by atoms with Crippen molar-refractivity contribution in [3.05, 3.63) is 59.1 Å². The van der Waals surface area contributed by atoms with Crippen LogP contribution in [0.15, 0.2) is 30.7 Å². The normalized spacial score (nSPS) is 19.2. The van der Waals surface area contributed by atoms with E-state index < -0.39 is 0 Å². The van der Waals surface area contributed by atoms with Gasteiger partial charge in [0, 0.05) is 38.2 Å². The maximum absolute atomic E-state index is 13.4. The fourth-order valence-corrected chi connectivity index (χ4v) is 4.57. The van der Waals surface area contributed by atoms with Crippen LogP contribution in [0.2, 0.25) is 0 Å². The zero-order valence-electron chi connectivity index (χ0n) is 19.0. The average Bonchev–Trinajstić information content (AvgIpc) is 3.27. The van der Waals surface area contributed by atoms with Crippen molar-refractivity contribution < 1.29 is 14.3 Å². The first-order chi connectivity index (χ1) is 16.0. The number of pyridine rings is 1. The van der Waals surface area contributed by atoms with Crippen molar-refractivity contribution in [2.24, 2.45) is 0 Å². The minimum absolute atomic E-state index is 0.0704. The van der Waals surface area contributed by atoms with Gasteiger partial charge in [0.25, 0.3) is 11.8 Å². The van der Waals surface area contributed by atoms with Gasteiger partial charge < -0.3 is 18.9 Å². The molecule has 33 heavy (non-hydrogen) atoms. The van der Waals surface area contributed by atoms with Gasteiger partial charge in [-0.05, 0) is 50.8 Å². The van der Waals surface area contributed by atoms with Crippen LogP contribution in [-0.4, -0.2) is 73.8 Å². The Labute approximate surface area is 192 Å². The van der Waals surface area contributed by atoms with E-state index in [1.54, 1.807) is 17.3 Å². The van der Waals surface area contributed by atoms with Crippen LogP contribution in [0.25, 0.3) is 5.65 Å². The van der Waals surface area contributed by atoms with Crippen molar-refractivity contribution in [2.75, 3.05) is 32.8 Å². The molecule has 172 valence electrons. The predicted molar refractivity (Wildman–Crippen MR) is 121 cm³/mol. The molecule has 0 aliphatic carbocycles. The predicted octanol–water partition coefficient (Wildman–Crippen LogP) is 2.58. The fourth-order valence-electron chi connectivity index (χ4n) is 4.57. The van der Waals surface area contributed by atoms with Crippen LogP contribution >= 0.6 is 0 Å². The van der Waals surface area contributed by atoms with Crippen molar-refractivity contribution in [1.82, 2.24) is 29.2 Å². The van der Waals surface area contributed by atoms with E-state index in [0.717, 1.165) is 30.5 Å². The molecule has 3 aromatic rings. The second-order valence-corrected chi connectivity index (χ2v) is 8.74. The smallest absolute Gasteiger partial charge is 0.274 e. The monoisotopic (exact) mass is 448 g/mol. The van der Waals surface area contributed by atoms with E-state index in [4.69, 9.17) is 4.74 Å². The van der Waals surface area contributed by atoms with Crippen LogP contribution in [0.1, 0.15) is 63.2 Å². The van der Waals surface area contributed by atoms with E-state index in [-0.39, 0.29) is 17.9 Å². The number of piperidine rings is 1. The molecule has 5 rings (SSSR count). The third kappa shape index (κ3) is 4.20. The first-order valence-corrected chi connectivity index (χ1v) is 11.5. The Kier molecular flexibility index (Phi) is 5.80. The Morgan fingerprint density at radius 3 is 2.67 bits per heavy atom. The van der Waals surface area contributed by atoms with Crippen molar-refractivity contribution in [1.29, 1.82) is 0 Å². The Bertz CT molecular complexity index is 1200. The summed E-state index contributed by atoms with van der Waals surface area (Å²) in [6, 6.07) is 3.72. The zero-order chi connectivity index (χ0) is 22.9. The summed E-state index contributed by atoms with van der Waals surface area (Å²) in [6.07, 6.45) is 8.02. The molecule has 9 nitrogen and oxygen atoms in total. The number of rotatable bonds is 3. The van der Waals surface area contributed by atoms with Gasteiger partial charge >= 0.3 is 0 Å². The van der Waals surface area contributed by atoms with Gasteiger partial charge in [0.2, 0.25) is 0 Å². The third-order valence-corrected chi connectivity index (χ3v) is 6.42. The average molecular weight is 449 g/mol. The zero-order valence-corrected chi connectivity index (χ0v) is 19.0. The highest BCUT2D eigenvalue weighted by Crippen LogP contribution is 2.30. The number of amides is 2. The van der Waals surface area contributed by atoms with Gasteiger partial charge in [-0.15, -0.1) is 0 Å². The largest absolute Gasteiger partial charge is 0.378 e. The topological polar surface area (TPSA) is 92.9 Å². The molecule has 5 heterocycles. The molecule has 2 saturated heterocycles. The number of hydrogen-bond acceptors (Lipinski definition) is 6. The molecular formula is C24H28N6O3. The van der Waals surface area contributed by atoms with Crippen molar-refractivity contribution in [2.45, 2.75) is 39.2 Å². The van der Waals surface area contributed by atoms with Crippen molar-refractivity contribution in [3.8, 4) is 0 Å². The molecule has 0 spiro atoms. The summed E-state index contributed by atoms with van der Waals surface area (Å²) in [6.45, 7) is 6.71. The number of likely N-dealkylation sites (tertiary alicyclic amines) is 1. The molecular weight excluding hydrogens is 420 g/mol. The molecule has 1 atom stereocenters. The molecule has 2 fully saturated rings. The minimum atomic E-state index is -0.232. The first kappa shape index (κ1) is 21.5. The van der Waals surface area contributed by atoms with E-state index in [9.17, 15) is 9.59 Å². The number of nitrogens with zero attached hydrogens (tertiary/aromatic N) is 6. The molecule has 2 aliphatic rings. The molecule has 0 bridgehead atoms. The third-order valence-electron chi connectivity index (χ3n) is 6.42. The lowest BCUT2D eigenvalue weighted by Gasteiger charge is -2.34. The van der Waals surface area contributed by atoms with Gasteiger partial charge in [-0.3, -0.25) is 9.59 Å². The summed E-state index contributed by atoms with van der Waals surface area (Å²) < 4.78 is 7.21. The highest BCUT2D eigenvalue weighted by molar-refractivity contribution is 5.95. The van der Waals surface area contributed by atoms with Crippen LogP contribution in [0.3, 0.4) is 0 Å². The van der Waals surface area contributed by atoms with Crippen molar-refractivity contribution >= 4 is 17.5 Å². The number of aromatic nitrogens is 4. The number of imidazole rings is 1. The van der Waals surface area contributed by atoms with Gasteiger partial charge in [-0.25, -0.2) is 15.0 Å². The van der Waals surface area contributed by atoms with Gasteiger partial charge in [-0.2, -0.15) is 0 Å². The molecule has 2 aliphatic heterocycles. The van der Waals surface area contributed by atoms with E-state index in [1.165, 1.54) is 0 Å². The Morgan fingerprint density at radius 1 is 1.06 bits per heavy atom. The molecule has 2 amide bonds. The number of fused-ring (bicyclic) bond motifs is 1. The maximum Gasteiger partial charge on any atom is 0.274 e. The molecule has 3 aromatic heterocycles. The Morgan fingerprint density at radius 2 is 1.88 bits per heavy atom. The lowest BCUT2D eigenvalue weighted by atomic mass is 10.0. The Balaban J connectivity index is 1.40. The molecule has 9 heteroatoms. The SMILES string of the molecule is Cc1ccn2cc(C(=O)N3CCCC[C@@H]3c3ncc(C(=O)N4CCOCC4)c(C)n3)nc2c1. The van der Waals surface area contributed by atoms with Crippen LogP contribution in [-0.2, 0) is 4.74 Å². The van der Waals surface area contributed by atoms with E-state index in [1.807, 2.05) is 41.5 Å². The lowest BCUT2D eigenvalue weighted by molar-refractivity contribution is 0.0301. The van der Waals surface area contributed by atoms with Gasteiger partial charge in [0.15, 0.2) is 5.82 Å². The second kappa shape index (κ2) is 8.90. The second-order valence-electron chi connectivity index (χ2n) is 8.74. The maximum atomic E-state index is 13.4. The summed E-state index contributed by atoms with van der Waals surface area (Å²) in [5, 5.41) is 0. The van der Waals surface area contributed by atoms with Gasteiger partial charge in [0.1, 0.15) is 11.3 Å². The quantitative estimate of drug-likeness (QED) is 0.612. The number of morpholine rings is 1. The summed E-state index contributed by atoms with van der Waals surface area (Å²) in [4.78, 5) is 43.7. The first-order valence-electron chi connectivity index (χ1n) is 11.5. The molecule has 0 radical (unpaired) electrons. The number of aryl methyl sites for hydroxylation is 2. The van der Waals surface area contributed by atoms with Gasteiger partial charge in [-0.1, -0.05) is 0 Å². The van der Waals surface area contributed by atoms with Crippen LogP contribution in [0.4, 0.5) is 0 Å². The summed E-state index contributed by atoms with van der Waals surface area (Å²) in [7, 11) is 0. The van der Waals surface area contributed by atoms with Crippen molar-refractivity contribution in [3.63, 3.8) is 0 Å². The highest BCUT2D eigenvalue weighted by Gasteiger charge is 2.32. The standard InChI is InChI=1S/C24H28N6O3/c1-16-6-8-29-15-19(27-21(29)13-16)24(32)30-7-4-3-5-20(30)22-25-14-18(17(2)26-22)23(31)28-9-11-33-12-10-28/h6,8,13-15,20H,3-5,7,9-12H2,1-2H3/t20-/m1/s1. The van der Waals surface area contributed by atoms with Crippen LogP contribution in [0, 0.1) is 13.8 Å². The van der Waals surface area contributed by atoms with E-state index >= 15 is 0 Å². The molecule has 0 N–H and O–H groups in total. The summed E-state index contributed by atoms with van der Waals surface area (Å²) in [5.74, 6) is 0.397. The number of ether oxygens (including phenoxy) is 1. The van der Waals surface area contributed by atoms with E-state index in [0.29, 0.717) is 55.6 Å².